The maximum absolute atomic E-state index is 10.3. The Balaban J connectivity index is 1.97. The molecule has 2 N–H and O–H groups in total. The summed E-state index contributed by atoms with van der Waals surface area (Å²) in [4.78, 5) is 10.3. The normalized spacial score (nSPS) is 9.95. The predicted molar refractivity (Wildman–Crippen MR) is 68.9 cm³/mol. The number of nitrogens with zero attached hydrogens (tertiary/aromatic N) is 3. The van der Waals surface area contributed by atoms with Crippen molar-refractivity contribution in [2.45, 2.75) is 12.8 Å². The van der Waals surface area contributed by atoms with Gasteiger partial charge >= 0.3 is 5.97 Å². The summed E-state index contributed by atoms with van der Waals surface area (Å²) in [6.45, 7) is 0.346. The van der Waals surface area contributed by atoms with Crippen LogP contribution in [0.25, 0.3) is 11.3 Å². The molecule has 0 spiro atoms. The number of aromatic nitrogens is 3. The monoisotopic (exact) mass is 272 g/mol. The summed E-state index contributed by atoms with van der Waals surface area (Å²) < 4.78 is 5.41. The highest BCUT2D eigenvalue weighted by atomic mass is 16.5. The Bertz CT molecular complexity index is 628. The molecule has 0 aliphatic rings. The van der Waals surface area contributed by atoms with E-state index in [1.807, 2.05) is 6.07 Å². The standard InChI is InChI=1S/C13H12N4O3/c14-8-11-13(16-17-15-11)9-3-5-10(6-4-9)20-7-1-2-12(18)19/h3-6H,1-2,7H2,(H,18,19)(H,15,16,17). The molecule has 0 atom stereocenters. The minimum Gasteiger partial charge on any atom is -0.494 e. The smallest absolute Gasteiger partial charge is 0.303 e. The van der Waals surface area contributed by atoms with Gasteiger partial charge in [-0.05, 0) is 30.7 Å². The molecule has 0 fully saturated rings. The van der Waals surface area contributed by atoms with Crippen LogP contribution in [0.15, 0.2) is 24.3 Å². The highest BCUT2D eigenvalue weighted by Gasteiger charge is 2.09. The molecule has 2 rings (SSSR count). The van der Waals surface area contributed by atoms with Gasteiger partial charge in [0.2, 0.25) is 0 Å². The zero-order chi connectivity index (χ0) is 14.4. The number of hydrogen-bond donors (Lipinski definition) is 2. The predicted octanol–water partition coefficient (Wildman–Crippen LogP) is 1.59. The van der Waals surface area contributed by atoms with Gasteiger partial charge in [0.25, 0.3) is 0 Å². The van der Waals surface area contributed by atoms with E-state index < -0.39 is 5.97 Å². The fourth-order valence-corrected chi connectivity index (χ4v) is 1.63. The molecule has 0 unspecified atom stereocenters. The van der Waals surface area contributed by atoms with E-state index in [0.29, 0.717) is 24.5 Å². The van der Waals surface area contributed by atoms with Gasteiger partial charge in [-0.25, -0.2) is 0 Å². The van der Waals surface area contributed by atoms with Crippen LogP contribution in [-0.2, 0) is 4.79 Å². The van der Waals surface area contributed by atoms with Crippen molar-refractivity contribution in [2.75, 3.05) is 6.61 Å². The molecule has 1 aromatic heterocycles. The lowest BCUT2D eigenvalue weighted by Gasteiger charge is -2.05. The van der Waals surface area contributed by atoms with Crippen LogP contribution >= 0.6 is 0 Å². The van der Waals surface area contributed by atoms with Gasteiger partial charge < -0.3 is 9.84 Å². The SMILES string of the molecule is N#Cc1n[nH]nc1-c1ccc(OCCCC(=O)O)cc1. The van der Waals surface area contributed by atoms with Gasteiger partial charge in [-0.2, -0.15) is 15.6 Å². The lowest BCUT2D eigenvalue weighted by molar-refractivity contribution is -0.137. The van der Waals surface area contributed by atoms with Crippen LogP contribution < -0.4 is 4.74 Å². The van der Waals surface area contributed by atoms with Crippen molar-refractivity contribution in [3.63, 3.8) is 0 Å². The second-order valence-corrected chi connectivity index (χ2v) is 4.00. The van der Waals surface area contributed by atoms with E-state index in [4.69, 9.17) is 15.1 Å². The molecule has 0 aliphatic heterocycles. The molecule has 7 heteroatoms. The van der Waals surface area contributed by atoms with Gasteiger partial charge in [0.1, 0.15) is 17.5 Å². The number of rotatable bonds is 6. The lowest BCUT2D eigenvalue weighted by Crippen LogP contribution is -2.01. The average molecular weight is 272 g/mol. The molecule has 0 amide bonds. The lowest BCUT2D eigenvalue weighted by atomic mass is 10.1. The Morgan fingerprint density at radius 1 is 1.35 bits per heavy atom. The summed E-state index contributed by atoms with van der Waals surface area (Å²) >= 11 is 0. The van der Waals surface area contributed by atoms with Gasteiger partial charge in [0.15, 0.2) is 5.69 Å². The molecule has 7 nitrogen and oxygen atoms in total. The number of ether oxygens (including phenoxy) is 1. The number of aliphatic carboxylic acids is 1. The van der Waals surface area contributed by atoms with Crippen molar-refractivity contribution in [3.05, 3.63) is 30.0 Å². The van der Waals surface area contributed by atoms with E-state index in [1.54, 1.807) is 24.3 Å². The Kier molecular flexibility index (Phi) is 4.29. The van der Waals surface area contributed by atoms with Gasteiger partial charge in [-0.3, -0.25) is 4.79 Å². The van der Waals surface area contributed by atoms with Gasteiger partial charge in [-0.1, -0.05) is 0 Å². The van der Waals surface area contributed by atoms with E-state index >= 15 is 0 Å². The van der Waals surface area contributed by atoms with Crippen LogP contribution in [0.5, 0.6) is 5.75 Å². The quantitative estimate of drug-likeness (QED) is 0.772. The third-order valence-corrected chi connectivity index (χ3v) is 2.59. The molecule has 20 heavy (non-hydrogen) atoms. The molecule has 2 aromatic rings. The molecular weight excluding hydrogens is 260 g/mol. The van der Waals surface area contributed by atoms with Crippen molar-refractivity contribution in [1.29, 1.82) is 5.26 Å². The van der Waals surface area contributed by atoms with Crippen molar-refractivity contribution in [2.24, 2.45) is 0 Å². The van der Waals surface area contributed by atoms with Crippen molar-refractivity contribution >= 4 is 5.97 Å². The fourth-order valence-electron chi connectivity index (χ4n) is 1.63. The van der Waals surface area contributed by atoms with Crippen LogP contribution in [0.4, 0.5) is 0 Å². The third-order valence-electron chi connectivity index (χ3n) is 2.59. The van der Waals surface area contributed by atoms with Crippen LogP contribution in [0.1, 0.15) is 18.5 Å². The fraction of sp³-hybridized carbons (Fsp3) is 0.231. The summed E-state index contributed by atoms with van der Waals surface area (Å²) in [5.74, 6) is -0.194. The number of hydrogen-bond acceptors (Lipinski definition) is 5. The number of carbonyl (C=O) groups is 1. The first-order chi connectivity index (χ1) is 9.70. The zero-order valence-electron chi connectivity index (χ0n) is 10.5. The molecule has 102 valence electrons. The number of nitrogens with one attached hydrogen (secondary N) is 1. The second kappa shape index (κ2) is 6.33. The Morgan fingerprint density at radius 3 is 2.75 bits per heavy atom. The summed E-state index contributed by atoms with van der Waals surface area (Å²) in [7, 11) is 0. The molecule has 1 aromatic carbocycles. The highest BCUT2D eigenvalue weighted by molar-refractivity contribution is 5.66. The van der Waals surface area contributed by atoms with E-state index in [-0.39, 0.29) is 12.1 Å². The van der Waals surface area contributed by atoms with Gasteiger partial charge in [-0.15, -0.1) is 5.10 Å². The largest absolute Gasteiger partial charge is 0.494 e. The summed E-state index contributed by atoms with van der Waals surface area (Å²) in [5.41, 5.74) is 1.48. The number of nitriles is 1. The van der Waals surface area contributed by atoms with E-state index in [9.17, 15) is 4.79 Å². The third kappa shape index (κ3) is 3.32. The number of carboxylic acids is 1. The van der Waals surface area contributed by atoms with Crippen LogP contribution in [-0.4, -0.2) is 33.1 Å². The van der Waals surface area contributed by atoms with Crippen molar-refractivity contribution in [3.8, 4) is 23.1 Å². The first-order valence-electron chi connectivity index (χ1n) is 5.96. The molecular formula is C13H12N4O3. The zero-order valence-corrected chi connectivity index (χ0v) is 10.5. The number of H-pyrrole nitrogens is 1. The maximum Gasteiger partial charge on any atom is 0.303 e. The molecule has 1 heterocycles. The minimum atomic E-state index is -0.834. The van der Waals surface area contributed by atoms with Crippen LogP contribution in [0.3, 0.4) is 0 Å². The van der Waals surface area contributed by atoms with Crippen LogP contribution in [0.2, 0.25) is 0 Å². The Morgan fingerprint density at radius 2 is 2.10 bits per heavy atom. The van der Waals surface area contributed by atoms with Crippen molar-refractivity contribution in [1.82, 2.24) is 15.4 Å². The average Bonchev–Trinajstić information content (AvgIpc) is 2.92. The van der Waals surface area contributed by atoms with E-state index in [0.717, 1.165) is 5.56 Å². The summed E-state index contributed by atoms with van der Waals surface area (Å²) in [6.07, 6.45) is 0.543. The molecule has 0 radical (unpaired) electrons. The molecule has 0 bridgehead atoms. The topological polar surface area (TPSA) is 112 Å². The van der Waals surface area contributed by atoms with E-state index in [2.05, 4.69) is 15.4 Å². The van der Waals surface area contributed by atoms with Gasteiger partial charge in [0.05, 0.1) is 6.61 Å². The second-order valence-electron chi connectivity index (χ2n) is 4.00. The Hall–Kier alpha value is -2.88. The van der Waals surface area contributed by atoms with E-state index in [1.165, 1.54) is 0 Å². The Labute approximate surface area is 114 Å². The molecule has 0 saturated carbocycles. The number of benzene rings is 1. The first kappa shape index (κ1) is 13.5. The maximum atomic E-state index is 10.3. The first-order valence-corrected chi connectivity index (χ1v) is 5.96. The molecule has 0 aliphatic carbocycles. The molecule has 0 saturated heterocycles. The van der Waals surface area contributed by atoms with Crippen molar-refractivity contribution < 1.29 is 14.6 Å². The number of aromatic amines is 1. The summed E-state index contributed by atoms with van der Waals surface area (Å²) in [5, 5.41) is 27.4. The summed E-state index contributed by atoms with van der Waals surface area (Å²) in [6, 6.07) is 8.97. The highest BCUT2D eigenvalue weighted by Crippen LogP contribution is 2.22. The number of carboxylic acid groups (broad SMARTS) is 1. The minimum absolute atomic E-state index is 0.0859. The van der Waals surface area contributed by atoms with Gasteiger partial charge in [0, 0.05) is 12.0 Å². The van der Waals surface area contributed by atoms with Crippen LogP contribution in [0, 0.1) is 11.3 Å².